The van der Waals surface area contributed by atoms with Gasteiger partial charge in [0, 0.05) is 7.05 Å². The van der Waals surface area contributed by atoms with Crippen LogP contribution in [0.25, 0.3) is 0 Å². The van der Waals surface area contributed by atoms with Gasteiger partial charge in [0.05, 0.1) is 6.61 Å². The van der Waals surface area contributed by atoms with E-state index in [0.29, 0.717) is 17.3 Å². The van der Waals surface area contributed by atoms with Gasteiger partial charge in [0.25, 0.3) is 5.91 Å². The number of fused-ring (bicyclic) bond motifs is 1. The van der Waals surface area contributed by atoms with Crippen LogP contribution in [0.15, 0.2) is 4.99 Å². The first-order valence-electron chi connectivity index (χ1n) is 6.19. The Balaban J connectivity index is 2.57. The zero-order chi connectivity index (χ0) is 15.1. The molecule has 8 heteroatoms. The number of primary amides is 1. The predicted octanol–water partition coefficient (Wildman–Crippen LogP) is -0.292. The number of anilines is 1. The van der Waals surface area contributed by atoms with Crippen molar-refractivity contribution in [3.8, 4) is 0 Å². The van der Waals surface area contributed by atoms with E-state index in [2.05, 4.69) is 15.3 Å². The van der Waals surface area contributed by atoms with Crippen molar-refractivity contribution >= 4 is 23.4 Å². The number of ether oxygens (including phenoxy) is 1. The van der Waals surface area contributed by atoms with Gasteiger partial charge in [-0.3, -0.25) is 4.79 Å². The fraction of sp³-hybridized carbons (Fsp3) is 0.500. The summed E-state index contributed by atoms with van der Waals surface area (Å²) in [6.45, 7) is 5.22. The lowest BCUT2D eigenvalue weighted by Gasteiger charge is -2.29. The maximum atomic E-state index is 12.0. The molecule has 1 aromatic heterocycles. The number of hydrogen-bond donors (Lipinski definition) is 2. The van der Waals surface area contributed by atoms with Crippen molar-refractivity contribution < 1.29 is 14.3 Å². The van der Waals surface area contributed by atoms with E-state index in [-0.39, 0.29) is 12.3 Å². The van der Waals surface area contributed by atoms with Crippen LogP contribution in [-0.2, 0) is 21.4 Å². The van der Waals surface area contributed by atoms with Gasteiger partial charge in [-0.2, -0.15) is 0 Å². The Hall–Kier alpha value is -2.38. The molecule has 8 nitrogen and oxygen atoms in total. The maximum Gasteiger partial charge on any atom is 0.354 e. The summed E-state index contributed by atoms with van der Waals surface area (Å²) in [4.78, 5) is 32.0. The topological polar surface area (TPSA) is 112 Å². The quantitative estimate of drug-likeness (QED) is 0.738. The molecule has 2 heterocycles. The first-order valence-corrected chi connectivity index (χ1v) is 6.19. The van der Waals surface area contributed by atoms with E-state index in [1.165, 1.54) is 6.92 Å². The van der Waals surface area contributed by atoms with Crippen LogP contribution in [0.1, 0.15) is 25.4 Å². The molecule has 0 saturated heterocycles. The van der Waals surface area contributed by atoms with Crippen LogP contribution in [0.4, 0.5) is 5.82 Å². The predicted molar refractivity (Wildman–Crippen MR) is 72.3 cm³/mol. The number of hydrogen-bond acceptors (Lipinski definition) is 6. The molecule has 1 aliphatic heterocycles. The fourth-order valence-corrected chi connectivity index (χ4v) is 1.99. The standard InChI is InChI=1S/C12H17N5O3/c1-5-20-11(19)12(3)15-7(9(13)18)8-10(16-12)17(4)6(2)14-8/h16H,5H2,1-4H3,(H2,13,18). The number of aliphatic imine (C=N–C) groups is 1. The Morgan fingerprint density at radius 1 is 1.50 bits per heavy atom. The Morgan fingerprint density at radius 2 is 2.15 bits per heavy atom. The molecule has 108 valence electrons. The summed E-state index contributed by atoms with van der Waals surface area (Å²) >= 11 is 0. The molecule has 1 unspecified atom stereocenters. The van der Waals surface area contributed by atoms with E-state index in [1.807, 2.05) is 0 Å². The molecule has 1 aliphatic rings. The number of nitrogens with zero attached hydrogens (tertiary/aromatic N) is 3. The maximum absolute atomic E-state index is 12.0. The van der Waals surface area contributed by atoms with E-state index in [9.17, 15) is 9.59 Å². The molecule has 0 radical (unpaired) electrons. The third kappa shape index (κ3) is 2.02. The molecule has 0 aliphatic carbocycles. The van der Waals surface area contributed by atoms with Gasteiger partial charge < -0.3 is 20.4 Å². The number of amides is 1. The number of esters is 1. The summed E-state index contributed by atoms with van der Waals surface area (Å²) in [5.41, 5.74) is 4.26. The summed E-state index contributed by atoms with van der Waals surface area (Å²) in [6, 6.07) is 0. The first-order chi connectivity index (χ1) is 9.30. The summed E-state index contributed by atoms with van der Waals surface area (Å²) < 4.78 is 6.71. The lowest BCUT2D eigenvalue weighted by Crippen LogP contribution is -2.48. The third-order valence-electron chi connectivity index (χ3n) is 3.15. The number of nitrogens with two attached hydrogens (primary N) is 1. The third-order valence-corrected chi connectivity index (χ3v) is 3.15. The summed E-state index contributed by atoms with van der Waals surface area (Å²) in [7, 11) is 1.77. The minimum absolute atomic E-state index is 0.0296. The van der Waals surface area contributed by atoms with Gasteiger partial charge in [-0.15, -0.1) is 0 Å². The lowest BCUT2D eigenvalue weighted by molar-refractivity contribution is -0.147. The second kappa shape index (κ2) is 4.62. The van der Waals surface area contributed by atoms with Gasteiger partial charge in [0.2, 0.25) is 5.66 Å². The highest BCUT2D eigenvalue weighted by Gasteiger charge is 2.42. The molecule has 0 spiro atoms. The molecular weight excluding hydrogens is 262 g/mol. The van der Waals surface area contributed by atoms with Crippen LogP contribution in [0.5, 0.6) is 0 Å². The van der Waals surface area contributed by atoms with Crippen molar-refractivity contribution in [3.63, 3.8) is 0 Å². The Morgan fingerprint density at radius 3 is 2.70 bits per heavy atom. The number of aryl methyl sites for hydroxylation is 1. The molecule has 0 aromatic carbocycles. The molecule has 1 aromatic rings. The van der Waals surface area contributed by atoms with E-state index in [4.69, 9.17) is 10.5 Å². The van der Waals surface area contributed by atoms with Gasteiger partial charge in [-0.1, -0.05) is 0 Å². The van der Waals surface area contributed by atoms with Gasteiger partial charge in [-0.05, 0) is 20.8 Å². The number of aromatic nitrogens is 2. The van der Waals surface area contributed by atoms with E-state index >= 15 is 0 Å². The molecule has 0 fully saturated rings. The highest BCUT2D eigenvalue weighted by molar-refractivity contribution is 6.46. The Bertz CT molecular complexity index is 619. The largest absolute Gasteiger partial charge is 0.463 e. The van der Waals surface area contributed by atoms with Crippen LogP contribution in [0, 0.1) is 6.92 Å². The van der Waals surface area contributed by atoms with Crippen molar-refractivity contribution in [3.05, 3.63) is 11.5 Å². The minimum atomic E-state index is -1.40. The van der Waals surface area contributed by atoms with Crippen molar-refractivity contribution in [1.29, 1.82) is 0 Å². The summed E-state index contributed by atoms with van der Waals surface area (Å²) in [5, 5.41) is 2.96. The number of carbonyl (C=O) groups excluding carboxylic acids is 2. The van der Waals surface area contributed by atoms with E-state index in [0.717, 1.165) is 0 Å². The second-order valence-electron chi connectivity index (χ2n) is 4.66. The molecule has 3 N–H and O–H groups in total. The van der Waals surface area contributed by atoms with Crippen molar-refractivity contribution in [1.82, 2.24) is 9.55 Å². The molecule has 2 rings (SSSR count). The number of nitrogens with one attached hydrogen (secondary N) is 1. The molecule has 1 amide bonds. The molecule has 0 bridgehead atoms. The van der Waals surface area contributed by atoms with Gasteiger partial charge in [-0.25, -0.2) is 14.8 Å². The second-order valence-corrected chi connectivity index (χ2v) is 4.66. The van der Waals surface area contributed by atoms with Crippen molar-refractivity contribution in [2.24, 2.45) is 17.8 Å². The average Bonchev–Trinajstić information content (AvgIpc) is 2.65. The van der Waals surface area contributed by atoms with E-state index < -0.39 is 17.5 Å². The molecular formula is C12H17N5O3. The van der Waals surface area contributed by atoms with Crippen molar-refractivity contribution in [2.75, 3.05) is 11.9 Å². The van der Waals surface area contributed by atoms with Gasteiger partial charge in [0.15, 0.2) is 5.71 Å². The molecule has 1 atom stereocenters. The van der Waals surface area contributed by atoms with Crippen molar-refractivity contribution in [2.45, 2.75) is 26.4 Å². The highest BCUT2D eigenvalue weighted by Crippen LogP contribution is 2.28. The van der Waals surface area contributed by atoms with Crippen LogP contribution in [0.3, 0.4) is 0 Å². The van der Waals surface area contributed by atoms with Gasteiger partial charge in [0.1, 0.15) is 17.3 Å². The Kier molecular flexibility index (Phi) is 3.24. The number of carbonyl (C=O) groups is 2. The lowest BCUT2D eigenvalue weighted by atomic mass is 10.1. The number of rotatable bonds is 3. The Labute approximate surface area is 116 Å². The minimum Gasteiger partial charge on any atom is -0.463 e. The summed E-state index contributed by atoms with van der Waals surface area (Å²) in [5.74, 6) is -0.129. The highest BCUT2D eigenvalue weighted by atomic mass is 16.5. The molecule has 0 saturated carbocycles. The number of imidazole rings is 1. The first kappa shape index (κ1) is 14.0. The SMILES string of the molecule is CCOC(=O)C1(C)N=C(C(N)=O)c2nc(C)n(C)c2N1. The van der Waals surface area contributed by atoms with Crippen LogP contribution >= 0.6 is 0 Å². The monoisotopic (exact) mass is 279 g/mol. The van der Waals surface area contributed by atoms with Crippen LogP contribution in [0.2, 0.25) is 0 Å². The summed E-state index contributed by atoms with van der Waals surface area (Å²) in [6.07, 6.45) is 0. The fourth-order valence-electron chi connectivity index (χ4n) is 1.99. The average molecular weight is 279 g/mol. The van der Waals surface area contributed by atoms with E-state index in [1.54, 1.807) is 25.5 Å². The van der Waals surface area contributed by atoms with Crippen LogP contribution < -0.4 is 11.1 Å². The smallest absolute Gasteiger partial charge is 0.354 e. The zero-order valence-electron chi connectivity index (χ0n) is 11.9. The molecule has 20 heavy (non-hydrogen) atoms. The van der Waals surface area contributed by atoms with Crippen LogP contribution in [-0.4, -0.2) is 39.4 Å². The normalized spacial score (nSPS) is 20.7. The zero-order valence-corrected chi connectivity index (χ0v) is 11.9. The van der Waals surface area contributed by atoms with Gasteiger partial charge >= 0.3 is 5.97 Å².